The van der Waals surface area contributed by atoms with Gasteiger partial charge in [0.25, 0.3) is 0 Å². The quantitative estimate of drug-likeness (QED) is 0.794. The summed E-state index contributed by atoms with van der Waals surface area (Å²) >= 11 is 0. The number of H-pyrrole nitrogens is 1. The van der Waals surface area contributed by atoms with E-state index >= 15 is 0 Å². The Kier molecular flexibility index (Phi) is 4.66. The van der Waals surface area contributed by atoms with Crippen LogP contribution in [0.15, 0.2) is 18.2 Å². The minimum atomic E-state index is -0.238. The van der Waals surface area contributed by atoms with Crippen LogP contribution in [0.1, 0.15) is 24.6 Å². The Hall–Kier alpha value is -1.88. The van der Waals surface area contributed by atoms with Gasteiger partial charge >= 0.3 is 0 Å². The lowest BCUT2D eigenvalue weighted by atomic mass is 9.92. The number of carbonyl (C=O) groups excluding carboxylic acids is 1. The van der Waals surface area contributed by atoms with E-state index in [9.17, 15) is 9.18 Å². The van der Waals surface area contributed by atoms with E-state index in [0.717, 1.165) is 48.1 Å². The molecule has 0 saturated carbocycles. The van der Waals surface area contributed by atoms with Crippen molar-refractivity contribution >= 4 is 16.8 Å². The molecule has 2 atom stereocenters. The van der Waals surface area contributed by atoms with Crippen molar-refractivity contribution in [3.63, 3.8) is 0 Å². The Balaban J connectivity index is 1.60. The van der Waals surface area contributed by atoms with Crippen LogP contribution in [0, 0.1) is 24.6 Å². The molecule has 1 aliphatic rings. The Morgan fingerprint density at radius 2 is 2.30 bits per heavy atom. The highest BCUT2D eigenvalue weighted by Crippen LogP contribution is 2.23. The number of aromatic nitrogens is 1. The summed E-state index contributed by atoms with van der Waals surface area (Å²) in [4.78, 5) is 15.5. The van der Waals surface area contributed by atoms with Gasteiger partial charge in [0.05, 0.1) is 0 Å². The van der Waals surface area contributed by atoms with Crippen molar-refractivity contribution in [1.29, 1.82) is 0 Å². The summed E-state index contributed by atoms with van der Waals surface area (Å²) in [5, 5.41) is 7.38. The molecule has 2 unspecified atom stereocenters. The number of fused-ring (bicyclic) bond motifs is 1. The summed E-state index contributed by atoms with van der Waals surface area (Å²) in [6.45, 7) is 6.54. The lowest BCUT2D eigenvalue weighted by molar-refractivity contribution is -0.125. The highest BCUT2D eigenvalue weighted by atomic mass is 19.1. The fraction of sp³-hybridized carbons (Fsp3) is 0.500. The molecule has 1 aromatic heterocycles. The molecule has 3 N–H and O–H groups in total. The first-order valence-corrected chi connectivity index (χ1v) is 8.31. The smallest absolute Gasteiger partial charge is 0.223 e. The first kappa shape index (κ1) is 16.0. The van der Waals surface area contributed by atoms with Gasteiger partial charge in [0, 0.05) is 29.1 Å². The SMILES string of the molecule is Cc1[nH]c2cc(F)ccc2c1CCNC(=O)C(C)C1CCNC1. The molecule has 0 radical (unpaired) electrons. The molecule has 0 aliphatic carbocycles. The summed E-state index contributed by atoms with van der Waals surface area (Å²) in [5.41, 5.74) is 3.00. The molecule has 4 nitrogen and oxygen atoms in total. The van der Waals surface area contributed by atoms with E-state index in [0.29, 0.717) is 12.5 Å². The van der Waals surface area contributed by atoms with Crippen LogP contribution < -0.4 is 10.6 Å². The van der Waals surface area contributed by atoms with E-state index in [2.05, 4.69) is 15.6 Å². The summed E-state index contributed by atoms with van der Waals surface area (Å²) in [6, 6.07) is 4.80. The van der Waals surface area contributed by atoms with Gasteiger partial charge < -0.3 is 15.6 Å². The maximum absolute atomic E-state index is 13.3. The molecule has 124 valence electrons. The van der Waals surface area contributed by atoms with Gasteiger partial charge in [-0.25, -0.2) is 4.39 Å². The minimum Gasteiger partial charge on any atom is -0.358 e. The Morgan fingerprint density at radius 3 is 3.04 bits per heavy atom. The Bertz CT molecular complexity index is 704. The van der Waals surface area contributed by atoms with E-state index in [1.807, 2.05) is 13.8 Å². The Labute approximate surface area is 135 Å². The zero-order valence-electron chi connectivity index (χ0n) is 13.7. The van der Waals surface area contributed by atoms with Crippen molar-refractivity contribution in [1.82, 2.24) is 15.6 Å². The number of aromatic amines is 1. The lowest BCUT2D eigenvalue weighted by Crippen LogP contribution is -2.35. The fourth-order valence-electron chi connectivity index (χ4n) is 3.47. The number of hydrogen-bond donors (Lipinski definition) is 3. The normalized spacial score (nSPS) is 19.2. The standard InChI is InChI=1S/C18H24FN3O/c1-11(13-5-7-20-10-13)18(23)21-8-6-15-12(2)22-17-9-14(19)3-4-16(15)17/h3-4,9,11,13,20,22H,5-8,10H2,1-2H3,(H,21,23). The van der Waals surface area contributed by atoms with Crippen molar-refractivity contribution in [3.8, 4) is 0 Å². The van der Waals surface area contributed by atoms with Crippen LogP contribution in [0.2, 0.25) is 0 Å². The number of amides is 1. The number of nitrogens with one attached hydrogen (secondary N) is 3. The van der Waals surface area contributed by atoms with Crippen LogP contribution in [-0.2, 0) is 11.2 Å². The van der Waals surface area contributed by atoms with Gasteiger partial charge in [-0.2, -0.15) is 0 Å². The molecular weight excluding hydrogens is 293 g/mol. The molecule has 1 aliphatic heterocycles. The Morgan fingerprint density at radius 1 is 1.48 bits per heavy atom. The third-order valence-electron chi connectivity index (χ3n) is 4.97. The van der Waals surface area contributed by atoms with Gasteiger partial charge in [-0.1, -0.05) is 6.92 Å². The highest BCUT2D eigenvalue weighted by Gasteiger charge is 2.26. The predicted octanol–water partition coefficient (Wildman–Crippen LogP) is 2.52. The third-order valence-corrected chi connectivity index (χ3v) is 4.97. The topological polar surface area (TPSA) is 56.9 Å². The zero-order valence-corrected chi connectivity index (χ0v) is 13.7. The van der Waals surface area contributed by atoms with Crippen LogP contribution in [-0.4, -0.2) is 30.5 Å². The highest BCUT2D eigenvalue weighted by molar-refractivity contribution is 5.85. The molecule has 2 aromatic rings. The fourth-order valence-corrected chi connectivity index (χ4v) is 3.47. The molecule has 0 spiro atoms. The number of rotatable bonds is 5. The average Bonchev–Trinajstić information content (AvgIpc) is 3.14. The number of benzene rings is 1. The van der Waals surface area contributed by atoms with E-state index in [1.165, 1.54) is 12.1 Å². The van der Waals surface area contributed by atoms with Crippen LogP contribution in [0.3, 0.4) is 0 Å². The van der Waals surface area contributed by atoms with E-state index < -0.39 is 0 Å². The van der Waals surface area contributed by atoms with Crippen molar-refractivity contribution < 1.29 is 9.18 Å². The van der Waals surface area contributed by atoms with Crippen molar-refractivity contribution in [2.24, 2.45) is 11.8 Å². The molecule has 0 bridgehead atoms. The van der Waals surface area contributed by atoms with Gasteiger partial charge in [0.1, 0.15) is 5.82 Å². The van der Waals surface area contributed by atoms with Gasteiger partial charge in [0.2, 0.25) is 5.91 Å². The lowest BCUT2D eigenvalue weighted by Gasteiger charge is -2.17. The molecule has 1 amide bonds. The second kappa shape index (κ2) is 6.71. The number of aryl methyl sites for hydroxylation is 1. The summed E-state index contributed by atoms with van der Waals surface area (Å²) in [5.74, 6) is 0.371. The maximum Gasteiger partial charge on any atom is 0.223 e. The van der Waals surface area contributed by atoms with Crippen molar-refractivity contribution in [3.05, 3.63) is 35.3 Å². The van der Waals surface area contributed by atoms with Gasteiger partial charge in [-0.15, -0.1) is 0 Å². The van der Waals surface area contributed by atoms with E-state index in [4.69, 9.17) is 0 Å². The minimum absolute atomic E-state index is 0.0446. The summed E-state index contributed by atoms with van der Waals surface area (Å²) < 4.78 is 13.3. The van der Waals surface area contributed by atoms with Crippen molar-refractivity contribution in [2.45, 2.75) is 26.7 Å². The molecule has 5 heteroatoms. The second-order valence-corrected chi connectivity index (χ2v) is 6.50. The number of hydrogen-bond acceptors (Lipinski definition) is 2. The molecular formula is C18H24FN3O. The first-order valence-electron chi connectivity index (χ1n) is 8.31. The summed E-state index contributed by atoms with van der Waals surface area (Å²) in [6.07, 6.45) is 1.82. The predicted molar refractivity (Wildman–Crippen MR) is 89.8 cm³/mol. The molecule has 1 saturated heterocycles. The number of carbonyl (C=O) groups is 1. The average molecular weight is 317 g/mol. The summed E-state index contributed by atoms with van der Waals surface area (Å²) in [7, 11) is 0. The number of halogens is 1. The van der Waals surface area contributed by atoms with Gasteiger partial charge in [0.15, 0.2) is 0 Å². The van der Waals surface area contributed by atoms with Crippen LogP contribution >= 0.6 is 0 Å². The van der Waals surface area contributed by atoms with Crippen LogP contribution in [0.5, 0.6) is 0 Å². The van der Waals surface area contributed by atoms with Gasteiger partial charge in [-0.3, -0.25) is 4.79 Å². The van der Waals surface area contributed by atoms with Crippen LogP contribution in [0.25, 0.3) is 10.9 Å². The monoisotopic (exact) mass is 317 g/mol. The molecule has 3 rings (SSSR count). The molecule has 2 heterocycles. The first-order chi connectivity index (χ1) is 11.1. The van der Waals surface area contributed by atoms with Crippen molar-refractivity contribution in [2.75, 3.05) is 19.6 Å². The van der Waals surface area contributed by atoms with Gasteiger partial charge in [-0.05, 0) is 62.5 Å². The maximum atomic E-state index is 13.3. The largest absolute Gasteiger partial charge is 0.358 e. The molecule has 23 heavy (non-hydrogen) atoms. The molecule has 1 fully saturated rings. The third kappa shape index (κ3) is 3.39. The van der Waals surface area contributed by atoms with E-state index in [-0.39, 0.29) is 17.6 Å². The van der Waals surface area contributed by atoms with Crippen LogP contribution in [0.4, 0.5) is 4.39 Å². The second-order valence-electron chi connectivity index (χ2n) is 6.50. The van der Waals surface area contributed by atoms with E-state index in [1.54, 1.807) is 6.07 Å². The zero-order chi connectivity index (χ0) is 16.4. The molecule has 1 aromatic carbocycles.